The molecule has 1 spiro atoms. The highest BCUT2D eigenvalue weighted by Gasteiger charge is 2.47. The van der Waals surface area contributed by atoms with E-state index in [1.807, 2.05) is 0 Å². The lowest BCUT2D eigenvalue weighted by Gasteiger charge is -2.47. The van der Waals surface area contributed by atoms with Gasteiger partial charge in [0, 0.05) is 5.38 Å². The molecule has 1 saturated heterocycles. The van der Waals surface area contributed by atoms with Gasteiger partial charge in [0.1, 0.15) is 6.10 Å². The largest absolute Gasteiger partial charge is 0.416 e. The van der Waals surface area contributed by atoms with Gasteiger partial charge in [0.05, 0.1) is 24.3 Å². The number of aromatic nitrogens is 2. The number of ether oxygens (including phenoxy) is 1. The zero-order chi connectivity index (χ0) is 19.1. The minimum atomic E-state index is -4.42. The van der Waals surface area contributed by atoms with Crippen molar-refractivity contribution in [2.75, 3.05) is 13.2 Å². The summed E-state index contributed by atoms with van der Waals surface area (Å²) in [5.41, 5.74) is -0.423. The molecule has 1 saturated carbocycles. The van der Waals surface area contributed by atoms with Gasteiger partial charge in [0.15, 0.2) is 5.69 Å². The normalized spacial score (nSPS) is 22.3. The van der Waals surface area contributed by atoms with Crippen LogP contribution in [-0.4, -0.2) is 39.1 Å². The monoisotopic (exact) mass is 397 g/mol. The second-order valence-electron chi connectivity index (χ2n) is 7.06. The molecule has 2 aliphatic rings. The summed E-state index contributed by atoms with van der Waals surface area (Å²) in [6.07, 6.45) is -1.38. The van der Waals surface area contributed by atoms with Crippen LogP contribution in [0.3, 0.4) is 0 Å². The van der Waals surface area contributed by atoms with Crippen molar-refractivity contribution in [2.24, 2.45) is 0 Å². The molecular formula is C18H18F3N3O2S. The van der Waals surface area contributed by atoms with Crippen LogP contribution >= 0.6 is 11.5 Å². The van der Waals surface area contributed by atoms with Crippen LogP contribution in [0.1, 0.15) is 53.4 Å². The molecule has 4 rings (SSSR count). The highest BCUT2D eigenvalue weighted by Crippen LogP contribution is 2.42. The molecule has 1 atom stereocenters. The molecule has 2 fully saturated rings. The van der Waals surface area contributed by atoms with E-state index < -0.39 is 23.4 Å². The van der Waals surface area contributed by atoms with E-state index in [0.29, 0.717) is 12.2 Å². The van der Waals surface area contributed by atoms with Crippen LogP contribution in [-0.2, 0) is 10.9 Å². The number of halogens is 3. The van der Waals surface area contributed by atoms with E-state index in [2.05, 4.69) is 9.59 Å². The molecule has 1 aliphatic carbocycles. The Labute approximate surface area is 158 Å². The average Bonchev–Trinajstić information content (AvgIpc) is 3.34. The first kappa shape index (κ1) is 18.4. The molecule has 1 aromatic heterocycles. The van der Waals surface area contributed by atoms with Crippen molar-refractivity contribution in [3.05, 3.63) is 46.5 Å². The maximum absolute atomic E-state index is 13.0. The predicted octanol–water partition coefficient (Wildman–Crippen LogP) is 4.08. The Balaban J connectivity index is 1.63. The number of amides is 1. The molecular weight excluding hydrogens is 379 g/mol. The lowest BCUT2D eigenvalue weighted by atomic mass is 9.91. The number of alkyl halides is 3. The number of nitrogens with zero attached hydrogens (tertiary/aromatic N) is 3. The van der Waals surface area contributed by atoms with Crippen LogP contribution in [0, 0.1) is 0 Å². The summed E-state index contributed by atoms with van der Waals surface area (Å²) in [6, 6.07) is 5.12. The van der Waals surface area contributed by atoms with Gasteiger partial charge in [-0.25, -0.2) is 0 Å². The molecule has 1 amide bonds. The van der Waals surface area contributed by atoms with E-state index in [1.165, 1.54) is 6.07 Å². The number of rotatable bonds is 2. The van der Waals surface area contributed by atoms with Crippen LogP contribution in [0.2, 0.25) is 0 Å². The summed E-state index contributed by atoms with van der Waals surface area (Å²) < 4.78 is 48.9. The van der Waals surface area contributed by atoms with Crippen LogP contribution in [0.15, 0.2) is 29.6 Å². The fourth-order valence-electron chi connectivity index (χ4n) is 4.00. The Bertz CT molecular complexity index is 820. The number of benzene rings is 1. The van der Waals surface area contributed by atoms with E-state index in [4.69, 9.17) is 4.74 Å². The van der Waals surface area contributed by atoms with Gasteiger partial charge >= 0.3 is 6.18 Å². The third-order valence-electron chi connectivity index (χ3n) is 5.42. The van der Waals surface area contributed by atoms with Crippen molar-refractivity contribution >= 4 is 17.4 Å². The van der Waals surface area contributed by atoms with E-state index in [-0.39, 0.29) is 18.1 Å². The minimum absolute atomic E-state index is 0.206. The second kappa shape index (κ2) is 6.87. The first-order valence-corrected chi connectivity index (χ1v) is 9.60. The average molecular weight is 397 g/mol. The lowest BCUT2D eigenvalue weighted by molar-refractivity contribution is -0.138. The highest BCUT2D eigenvalue weighted by molar-refractivity contribution is 7.03. The van der Waals surface area contributed by atoms with Crippen molar-refractivity contribution in [1.29, 1.82) is 0 Å². The number of carbonyl (C=O) groups is 1. The Hall–Kier alpha value is -2.00. The van der Waals surface area contributed by atoms with Crippen molar-refractivity contribution in [3.63, 3.8) is 0 Å². The molecule has 2 aromatic rings. The first-order valence-electron chi connectivity index (χ1n) is 8.77. The Kier molecular flexibility index (Phi) is 4.67. The van der Waals surface area contributed by atoms with E-state index >= 15 is 0 Å². The first-order chi connectivity index (χ1) is 12.9. The van der Waals surface area contributed by atoms with Crippen molar-refractivity contribution < 1.29 is 22.7 Å². The topological polar surface area (TPSA) is 55.3 Å². The Morgan fingerprint density at radius 3 is 2.74 bits per heavy atom. The van der Waals surface area contributed by atoms with Gasteiger partial charge in [0.2, 0.25) is 0 Å². The SMILES string of the molecule is O=C(c1csnn1)N1C[C@@H](c2cccc(C(F)(F)F)c2)OCC12CCCC2. The maximum Gasteiger partial charge on any atom is 0.416 e. The molecule has 1 aromatic carbocycles. The molecule has 9 heteroatoms. The third kappa shape index (κ3) is 3.45. The second-order valence-corrected chi connectivity index (χ2v) is 7.67. The fraction of sp³-hybridized carbons (Fsp3) is 0.500. The van der Waals surface area contributed by atoms with Gasteiger partial charge in [-0.15, -0.1) is 5.10 Å². The highest BCUT2D eigenvalue weighted by atomic mass is 32.1. The quantitative estimate of drug-likeness (QED) is 0.766. The van der Waals surface area contributed by atoms with Crippen LogP contribution in [0.25, 0.3) is 0 Å². The molecule has 0 bridgehead atoms. The van der Waals surface area contributed by atoms with Gasteiger partial charge in [-0.1, -0.05) is 29.5 Å². The van der Waals surface area contributed by atoms with Crippen molar-refractivity contribution in [3.8, 4) is 0 Å². The number of hydrogen-bond donors (Lipinski definition) is 0. The summed E-state index contributed by atoms with van der Waals surface area (Å²) in [4.78, 5) is 14.8. The zero-order valence-electron chi connectivity index (χ0n) is 14.4. The molecule has 0 N–H and O–H groups in total. The maximum atomic E-state index is 13.0. The molecule has 2 heterocycles. The molecule has 1 aliphatic heterocycles. The molecule has 5 nitrogen and oxygen atoms in total. The molecule has 0 radical (unpaired) electrons. The molecule has 0 unspecified atom stereocenters. The van der Waals surface area contributed by atoms with Crippen LogP contribution in [0.4, 0.5) is 13.2 Å². The van der Waals surface area contributed by atoms with Crippen LogP contribution < -0.4 is 0 Å². The zero-order valence-corrected chi connectivity index (χ0v) is 15.2. The minimum Gasteiger partial charge on any atom is -0.369 e. The number of carbonyl (C=O) groups excluding carboxylic acids is 1. The van der Waals surface area contributed by atoms with Gasteiger partial charge in [-0.2, -0.15) is 13.2 Å². The lowest BCUT2D eigenvalue weighted by Crippen LogP contribution is -2.58. The predicted molar refractivity (Wildman–Crippen MR) is 92.3 cm³/mol. The Morgan fingerprint density at radius 1 is 1.30 bits per heavy atom. The van der Waals surface area contributed by atoms with E-state index in [9.17, 15) is 18.0 Å². The van der Waals surface area contributed by atoms with E-state index in [0.717, 1.165) is 49.3 Å². The molecule has 27 heavy (non-hydrogen) atoms. The summed E-state index contributed by atoms with van der Waals surface area (Å²) in [5, 5.41) is 5.47. The summed E-state index contributed by atoms with van der Waals surface area (Å²) in [7, 11) is 0. The van der Waals surface area contributed by atoms with Gasteiger partial charge in [-0.05, 0) is 42.1 Å². The van der Waals surface area contributed by atoms with Crippen molar-refractivity contribution in [1.82, 2.24) is 14.5 Å². The van der Waals surface area contributed by atoms with Crippen LogP contribution in [0.5, 0.6) is 0 Å². The van der Waals surface area contributed by atoms with E-state index in [1.54, 1.807) is 16.3 Å². The number of morpholine rings is 1. The summed E-state index contributed by atoms with van der Waals surface area (Å²) in [5.74, 6) is -0.231. The van der Waals surface area contributed by atoms with Crippen molar-refractivity contribution in [2.45, 2.75) is 43.5 Å². The molecule has 144 valence electrons. The number of hydrogen-bond acceptors (Lipinski definition) is 5. The fourth-order valence-corrected chi connectivity index (χ4v) is 4.43. The smallest absolute Gasteiger partial charge is 0.369 e. The third-order valence-corrected chi connectivity index (χ3v) is 5.92. The standard InChI is InChI=1S/C18H18F3N3O2S/c19-18(20,21)13-5-3-4-12(8-13)15-9-24(16(25)14-10-27-23-22-14)17(11-26-15)6-1-2-7-17/h3-5,8,10,15H,1-2,6-7,9,11H2/t15-/m0/s1. The van der Waals surface area contributed by atoms with Gasteiger partial charge in [0.25, 0.3) is 5.91 Å². The summed E-state index contributed by atoms with van der Waals surface area (Å²) >= 11 is 1.10. The Morgan fingerprint density at radius 2 is 2.07 bits per heavy atom. The summed E-state index contributed by atoms with van der Waals surface area (Å²) in [6.45, 7) is 0.523. The van der Waals surface area contributed by atoms with Gasteiger partial charge < -0.3 is 9.64 Å². The van der Waals surface area contributed by atoms with Gasteiger partial charge in [-0.3, -0.25) is 4.79 Å².